The smallest absolute Gasteiger partial charge is 0.328 e. The van der Waals surface area contributed by atoms with Gasteiger partial charge in [-0.25, -0.2) is 14.8 Å². The third kappa shape index (κ3) is 7.17. The van der Waals surface area contributed by atoms with Crippen LogP contribution in [0.15, 0.2) is 47.8 Å². The van der Waals surface area contributed by atoms with Crippen LogP contribution in [0.5, 0.6) is 0 Å². The molecule has 0 bridgehead atoms. The molecule has 7 heterocycles. The molecule has 3 saturated heterocycles. The quantitative estimate of drug-likeness (QED) is 0.237. The first-order valence-corrected chi connectivity index (χ1v) is 19.1. The van der Waals surface area contributed by atoms with Gasteiger partial charge in [0, 0.05) is 88.6 Å². The molecule has 3 aliphatic heterocycles. The zero-order valence-corrected chi connectivity index (χ0v) is 31.0. The van der Waals surface area contributed by atoms with Crippen LogP contribution in [0.3, 0.4) is 0 Å². The fourth-order valence-corrected chi connectivity index (χ4v) is 8.67. The highest BCUT2D eigenvalue weighted by atomic mass is 16.2. The van der Waals surface area contributed by atoms with E-state index in [1.54, 1.807) is 35.0 Å². The second kappa shape index (κ2) is 15.2. The van der Waals surface area contributed by atoms with Gasteiger partial charge in [0.15, 0.2) is 5.78 Å². The monoisotopic (exact) mass is 733 g/mol. The topological polar surface area (TPSA) is 162 Å². The number of imide groups is 1. The SMILES string of the molecule is CC(=O)c1c(C)c2cnc(Nc3ccc(N4CCC(N5CCN(Cc6ccncc6N6CCC(=O)NC6=O)CC5)CC4)cn3)nc2n(C2CCCC2)c1=O. The molecule has 1 aliphatic carbocycles. The number of carbonyl (C=O) groups is 3. The van der Waals surface area contributed by atoms with E-state index < -0.39 is 0 Å². The normalized spacial score (nSPS) is 19.4. The van der Waals surface area contributed by atoms with E-state index in [2.05, 4.69) is 41.4 Å². The molecule has 15 nitrogen and oxygen atoms in total. The number of fused-ring (bicyclic) bond motifs is 1. The molecule has 4 fully saturated rings. The highest BCUT2D eigenvalue weighted by Gasteiger charge is 2.30. The van der Waals surface area contributed by atoms with Crippen LogP contribution in [0.4, 0.5) is 27.9 Å². The minimum absolute atomic E-state index is 0.0192. The lowest BCUT2D eigenvalue weighted by Gasteiger charge is -2.43. The Morgan fingerprint density at radius 1 is 0.889 bits per heavy atom. The molecule has 15 heteroatoms. The molecule has 8 rings (SSSR count). The number of pyridine rings is 3. The van der Waals surface area contributed by atoms with E-state index in [4.69, 9.17) is 9.97 Å². The average Bonchev–Trinajstić information content (AvgIpc) is 3.71. The fourth-order valence-electron chi connectivity index (χ4n) is 8.67. The van der Waals surface area contributed by atoms with Crippen molar-refractivity contribution in [3.05, 3.63) is 70.0 Å². The van der Waals surface area contributed by atoms with Crippen molar-refractivity contribution in [2.75, 3.05) is 60.9 Å². The number of urea groups is 1. The summed E-state index contributed by atoms with van der Waals surface area (Å²) in [6.45, 7) is 10.1. The number of Topliss-reactive ketones (excluding diaryl/α,β-unsaturated/α-hetero) is 1. The Morgan fingerprint density at radius 2 is 1.67 bits per heavy atom. The summed E-state index contributed by atoms with van der Waals surface area (Å²) in [5, 5.41) is 6.36. The molecule has 2 N–H and O–H groups in total. The minimum atomic E-state index is -0.384. The van der Waals surface area contributed by atoms with Crippen LogP contribution in [0.25, 0.3) is 11.0 Å². The van der Waals surface area contributed by atoms with Crippen LogP contribution in [0.2, 0.25) is 0 Å². The van der Waals surface area contributed by atoms with Gasteiger partial charge in [0.05, 0.1) is 29.3 Å². The molecule has 54 heavy (non-hydrogen) atoms. The Bertz CT molecular complexity index is 2120. The van der Waals surface area contributed by atoms with Crippen molar-refractivity contribution in [3.8, 4) is 0 Å². The first kappa shape index (κ1) is 35.7. The number of ketones is 1. The highest BCUT2D eigenvalue weighted by molar-refractivity contribution is 6.05. The summed E-state index contributed by atoms with van der Waals surface area (Å²) < 4.78 is 1.72. The molecule has 0 atom stereocenters. The van der Waals surface area contributed by atoms with Gasteiger partial charge < -0.3 is 10.2 Å². The number of aryl methyl sites for hydroxylation is 1. The van der Waals surface area contributed by atoms with Gasteiger partial charge in [-0.05, 0) is 68.9 Å². The molecular formula is C39H47N11O4. The first-order valence-electron chi connectivity index (χ1n) is 19.1. The summed E-state index contributed by atoms with van der Waals surface area (Å²) in [4.78, 5) is 77.5. The second-order valence-corrected chi connectivity index (χ2v) is 14.9. The lowest BCUT2D eigenvalue weighted by atomic mass is 10.0. The zero-order valence-electron chi connectivity index (χ0n) is 31.0. The Kier molecular flexibility index (Phi) is 10.1. The molecule has 0 aromatic carbocycles. The van der Waals surface area contributed by atoms with Crippen molar-refractivity contribution < 1.29 is 14.4 Å². The molecule has 0 unspecified atom stereocenters. The van der Waals surface area contributed by atoms with Crippen LogP contribution in [0, 0.1) is 6.92 Å². The van der Waals surface area contributed by atoms with Crippen LogP contribution < -0.4 is 26.0 Å². The van der Waals surface area contributed by atoms with Crippen LogP contribution in [-0.4, -0.2) is 104 Å². The van der Waals surface area contributed by atoms with E-state index in [1.807, 2.05) is 18.3 Å². The van der Waals surface area contributed by atoms with Crippen molar-refractivity contribution in [2.24, 2.45) is 0 Å². The summed E-state index contributed by atoms with van der Waals surface area (Å²) in [7, 11) is 0. The van der Waals surface area contributed by atoms with Crippen molar-refractivity contribution in [1.29, 1.82) is 0 Å². The van der Waals surface area contributed by atoms with E-state index in [0.29, 0.717) is 35.6 Å². The van der Waals surface area contributed by atoms with Gasteiger partial charge in [0.2, 0.25) is 11.9 Å². The molecule has 1 saturated carbocycles. The largest absolute Gasteiger partial charge is 0.370 e. The first-order chi connectivity index (χ1) is 26.2. The second-order valence-electron chi connectivity index (χ2n) is 14.9. The zero-order chi connectivity index (χ0) is 37.3. The maximum atomic E-state index is 13.6. The number of nitrogens with zero attached hydrogens (tertiary/aromatic N) is 9. The van der Waals surface area contributed by atoms with Gasteiger partial charge in [-0.15, -0.1) is 0 Å². The number of nitrogens with one attached hydrogen (secondary N) is 2. The maximum Gasteiger partial charge on any atom is 0.328 e. The maximum absolute atomic E-state index is 13.6. The summed E-state index contributed by atoms with van der Waals surface area (Å²) >= 11 is 0. The lowest BCUT2D eigenvalue weighted by Crippen LogP contribution is -2.53. The van der Waals surface area contributed by atoms with Gasteiger partial charge in [-0.1, -0.05) is 12.8 Å². The summed E-state index contributed by atoms with van der Waals surface area (Å²) in [5.41, 5.74) is 4.02. The van der Waals surface area contributed by atoms with Crippen LogP contribution in [-0.2, 0) is 11.3 Å². The fraction of sp³-hybridized carbons (Fsp3) is 0.487. The molecule has 3 amide bonds. The summed E-state index contributed by atoms with van der Waals surface area (Å²) in [6.07, 6.45) is 13.4. The predicted octanol–water partition coefficient (Wildman–Crippen LogP) is 4.18. The highest BCUT2D eigenvalue weighted by Crippen LogP contribution is 2.32. The van der Waals surface area contributed by atoms with Crippen molar-refractivity contribution in [1.82, 2.24) is 39.6 Å². The van der Waals surface area contributed by atoms with E-state index >= 15 is 0 Å². The molecule has 0 spiro atoms. The number of anilines is 4. The van der Waals surface area contributed by atoms with Gasteiger partial charge in [-0.2, -0.15) is 4.98 Å². The Labute approximate surface area is 313 Å². The van der Waals surface area contributed by atoms with Crippen molar-refractivity contribution >= 4 is 51.9 Å². The van der Waals surface area contributed by atoms with Gasteiger partial charge in [-0.3, -0.25) is 44.0 Å². The number of hydrogen-bond acceptors (Lipinski definition) is 12. The Morgan fingerprint density at radius 3 is 2.37 bits per heavy atom. The van der Waals surface area contributed by atoms with Gasteiger partial charge in [0.1, 0.15) is 11.5 Å². The average molecular weight is 734 g/mol. The van der Waals surface area contributed by atoms with E-state index in [1.165, 1.54) is 6.92 Å². The predicted molar refractivity (Wildman–Crippen MR) is 205 cm³/mol. The number of aromatic nitrogens is 5. The number of rotatable bonds is 9. The Balaban J connectivity index is 0.859. The number of hydrogen-bond donors (Lipinski definition) is 2. The number of piperazine rings is 1. The van der Waals surface area contributed by atoms with E-state index in [-0.39, 0.29) is 41.3 Å². The molecule has 282 valence electrons. The minimum Gasteiger partial charge on any atom is -0.370 e. The van der Waals surface area contributed by atoms with Crippen molar-refractivity contribution in [3.63, 3.8) is 0 Å². The van der Waals surface area contributed by atoms with E-state index in [0.717, 1.165) is 107 Å². The van der Waals surface area contributed by atoms with Gasteiger partial charge in [0.25, 0.3) is 5.56 Å². The lowest BCUT2D eigenvalue weighted by molar-refractivity contribution is -0.120. The van der Waals surface area contributed by atoms with Gasteiger partial charge >= 0.3 is 6.03 Å². The molecule has 0 radical (unpaired) electrons. The van der Waals surface area contributed by atoms with Crippen LogP contribution in [0.1, 0.15) is 79.4 Å². The molecule has 4 aromatic rings. The molecular weight excluding hydrogens is 687 g/mol. The number of piperidine rings is 1. The molecule has 4 aromatic heterocycles. The number of amides is 3. The van der Waals surface area contributed by atoms with Crippen molar-refractivity contribution in [2.45, 2.75) is 77.4 Å². The molecule has 4 aliphatic rings. The summed E-state index contributed by atoms with van der Waals surface area (Å²) in [6, 6.07) is 6.15. The number of carbonyl (C=O) groups excluding carboxylic acids is 3. The standard InChI is InChI=1S/C39H47N11O4/c1-25-31-22-42-38(45-36(31)50(29-5-3-4-6-29)37(53)35(25)26(2)51)43-33-8-7-30(21-41-33)47-14-10-28(11-15-47)48-19-17-46(18-20-48)24-27-9-13-40-23-32(27)49-16-12-34(52)44-39(49)54/h7-9,13,21-23,28-29H,3-6,10-12,14-20,24H2,1-2H3,(H,44,52,54)(H,41,42,43,45). The van der Waals surface area contributed by atoms with E-state index in [9.17, 15) is 19.2 Å². The van der Waals surface area contributed by atoms with Crippen LogP contribution >= 0.6 is 0 Å². The third-order valence-electron chi connectivity index (χ3n) is 11.6. The Hall–Kier alpha value is -5.28. The third-order valence-corrected chi connectivity index (χ3v) is 11.6. The summed E-state index contributed by atoms with van der Waals surface area (Å²) in [5.74, 6) is 0.500.